The fourth-order valence-electron chi connectivity index (χ4n) is 4.15. The maximum Gasteiger partial charge on any atom is 0.345 e. The molecule has 0 bridgehead atoms. The number of rotatable bonds is 9. The first-order valence-electron chi connectivity index (χ1n) is 11.6. The topological polar surface area (TPSA) is 85.5 Å². The van der Waals surface area contributed by atoms with Crippen LogP contribution in [0.25, 0.3) is 0 Å². The van der Waals surface area contributed by atoms with Crippen molar-refractivity contribution >= 4 is 5.96 Å². The lowest BCUT2D eigenvalue weighted by molar-refractivity contribution is 0.0468. The third kappa shape index (κ3) is 6.87. The Kier molecular flexibility index (Phi) is 9.05. The van der Waals surface area contributed by atoms with Crippen molar-refractivity contribution in [3.63, 3.8) is 0 Å². The molecule has 8 nitrogen and oxygen atoms in total. The molecular formula is C21H38N6O2. The van der Waals surface area contributed by atoms with E-state index in [1.165, 1.54) is 38.5 Å². The van der Waals surface area contributed by atoms with E-state index in [0.29, 0.717) is 25.8 Å². The molecule has 1 aromatic heterocycles. The third-order valence-electron chi connectivity index (χ3n) is 5.72. The van der Waals surface area contributed by atoms with Gasteiger partial charge in [0.2, 0.25) is 0 Å². The zero-order valence-corrected chi connectivity index (χ0v) is 18.0. The van der Waals surface area contributed by atoms with Gasteiger partial charge >= 0.3 is 5.69 Å². The first kappa shape index (κ1) is 21.9. The molecule has 0 amide bonds. The summed E-state index contributed by atoms with van der Waals surface area (Å²) in [6, 6.07) is 0. The van der Waals surface area contributed by atoms with Crippen LogP contribution in [0.5, 0.6) is 0 Å². The van der Waals surface area contributed by atoms with Crippen LogP contribution in [0.2, 0.25) is 0 Å². The summed E-state index contributed by atoms with van der Waals surface area (Å²) < 4.78 is 9.47. The monoisotopic (exact) mass is 406 g/mol. The Hall–Kier alpha value is -1.83. The lowest BCUT2D eigenvalue weighted by Gasteiger charge is -2.16. The molecule has 1 aliphatic carbocycles. The van der Waals surface area contributed by atoms with Gasteiger partial charge in [-0.1, -0.05) is 25.7 Å². The van der Waals surface area contributed by atoms with Crippen molar-refractivity contribution in [2.24, 2.45) is 4.99 Å². The molecule has 1 aromatic rings. The Morgan fingerprint density at radius 2 is 2.00 bits per heavy atom. The number of hydrogen-bond acceptors (Lipinski definition) is 4. The van der Waals surface area contributed by atoms with Crippen molar-refractivity contribution in [3.8, 4) is 0 Å². The Balaban J connectivity index is 1.37. The van der Waals surface area contributed by atoms with Crippen molar-refractivity contribution < 1.29 is 4.74 Å². The molecule has 0 atom stereocenters. The van der Waals surface area contributed by atoms with Crippen molar-refractivity contribution in [3.05, 3.63) is 16.3 Å². The lowest BCUT2D eigenvalue weighted by atomic mass is 10.1. The molecule has 0 aromatic carbocycles. The molecule has 3 rings (SSSR count). The molecule has 164 valence electrons. The van der Waals surface area contributed by atoms with Crippen molar-refractivity contribution in [1.29, 1.82) is 0 Å². The lowest BCUT2D eigenvalue weighted by Crippen LogP contribution is -2.39. The summed E-state index contributed by atoms with van der Waals surface area (Å²) in [5.74, 6) is 1.75. The zero-order chi connectivity index (χ0) is 20.3. The number of ether oxygens (including phenoxy) is 1. The first-order chi connectivity index (χ1) is 14.3. The van der Waals surface area contributed by atoms with Gasteiger partial charge in [0.15, 0.2) is 5.96 Å². The molecule has 0 radical (unpaired) electrons. The van der Waals surface area contributed by atoms with Crippen LogP contribution >= 0.6 is 0 Å². The summed E-state index contributed by atoms with van der Waals surface area (Å²) in [7, 11) is 0. The zero-order valence-electron chi connectivity index (χ0n) is 18.0. The second-order valence-corrected chi connectivity index (χ2v) is 8.06. The van der Waals surface area contributed by atoms with Gasteiger partial charge in [0.25, 0.3) is 0 Å². The van der Waals surface area contributed by atoms with Crippen LogP contribution < -0.4 is 16.3 Å². The van der Waals surface area contributed by atoms with Crippen LogP contribution in [0.3, 0.4) is 0 Å². The van der Waals surface area contributed by atoms with Gasteiger partial charge in [0.05, 0.1) is 12.7 Å². The molecule has 1 saturated carbocycles. The molecule has 8 heteroatoms. The Bertz CT molecular complexity index is 688. The Morgan fingerprint density at radius 1 is 1.17 bits per heavy atom. The number of nitrogens with one attached hydrogen (secondary N) is 2. The van der Waals surface area contributed by atoms with Gasteiger partial charge in [-0.05, 0) is 39.0 Å². The van der Waals surface area contributed by atoms with E-state index in [4.69, 9.17) is 4.74 Å². The molecule has 0 unspecified atom stereocenters. The standard InChI is InChI=1S/C21H38N6O2/c1-2-22-20(24-14-17-29-18-10-5-3-4-6-11-18)23-13-9-16-27-21(28)26-15-8-7-12-19(26)25-27/h18H,2-17H2,1H3,(H2,22,23,24). The van der Waals surface area contributed by atoms with Gasteiger partial charge in [0, 0.05) is 39.1 Å². The van der Waals surface area contributed by atoms with Gasteiger partial charge < -0.3 is 15.4 Å². The van der Waals surface area contributed by atoms with Gasteiger partial charge in [-0.3, -0.25) is 9.56 Å². The second kappa shape index (κ2) is 12.0. The molecule has 1 aliphatic heterocycles. The minimum absolute atomic E-state index is 0.0318. The van der Waals surface area contributed by atoms with E-state index in [-0.39, 0.29) is 5.69 Å². The number of aromatic nitrogens is 3. The van der Waals surface area contributed by atoms with Crippen LogP contribution in [0.1, 0.15) is 70.5 Å². The van der Waals surface area contributed by atoms with Crippen molar-refractivity contribution in [2.75, 3.05) is 26.2 Å². The highest BCUT2D eigenvalue weighted by Crippen LogP contribution is 2.19. The van der Waals surface area contributed by atoms with E-state index in [2.05, 4.69) is 27.6 Å². The molecule has 2 N–H and O–H groups in total. The summed E-state index contributed by atoms with van der Waals surface area (Å²) in [6.07, 6.45) is 12.0. The van der Waals surface area contributed by atoms with Crippen molar-refractivity contribution in [1.82, 2.24) is 25.0 Å². The maximum atomic E-state index is 12.4. The van der Waals surface area contributed by atoms with Gasteiger partial charge in [0.1, 0.15) is 5.82 Å². The average Bonchev–Trinajstić information content (AvgIpc) is 2.89. The van der Waals surface area contributed by atoms with Gasteiger partial charge in [-0.25, -0.2) is 9.48 Å². The summed E-state index contributed by atoms with van der Waals surface area (Å²) in [5.41, 5.74) is 0.0318. The Morgan fingerprint density at radius 3 is 2.76 bits per heavy atom. The van der Waals surface area contributed by atoms with Gasteiger partial charge in [-0.2, -0.15) is 5.10 Å². The van der Waals surface area contributed by atoms with Crippen LogP contribution in [-0.2, 0) is 24.2 Å². The van der Waals surface area contributed by atoms with Gasteiger partial charge in [-0.15, -0.1) is 0 Å². The highest BCUT2D eigenvalue weighted by molar-refractivity contribution is 5.79. The minimum Gasteiger partial charge on any atom is -0.376 e. The largest absolute Gasteiger partial charge is 0.376 e. The van der Waals surface area contributed by atoms with E-state index < -0.39 is 0 Å². The average molecular weight is 407 g/mol. The highest BCUT2D eigenvalue weighted by Gasteiger charge is 2.16. The molecule has 29 heavy (non-hydrogen) atoms. The highest BCUT2D eigenvalue weighted by atomic mass is 16.5. The second-order valence-electron chi connectivity index (χ2n) is 8.06. The van der Waals surface area contributed by atoms with E-state index in [1.807, 2.05) is 4.57 Å². The number of guanidine groups is 1. The van der Waals surface area contributed by atoms with Crippen LogP contribution in [0.4, 0.5) is 0 Å². The SMILES string of the molecule is CCNC(=NCCCn1nc2n(c1=O)CCCC2)NCCOC1CCCCCC1. The molecule has 2 heterocycles. The molecular weight excluding hydrogens is 368 g/mol. The summed E-state index contributed by atoms with van der Waals surface area (Å²) >= 11 is 0. The predicted molar refractivity (Wildman–Crippen MR) is 115 cm³/mol. The Labute approximate surface area is 174 Å². The number of fused-ring (bicyclic) bond motifs is 1. The normalized spacial score (nSPS) is 18.3. The van der Waals surface area contributed by atoms with E-state index in [1.54, 1.807) is 4.68 Å². The fourth-order valence-corrected chi connectivity index (χ4v) is 4.15. The third-order valence-corrected chi connectivity index (χ3v) is 5.72. The summed E-state index contributed by atoms with van der Waals surface area (Å²) in [6.45, 7) is 6.45. The smallest absolute Gasteiger partial charge is 0.345 e. The maximum absolute atomic E-state index is 12.4. The summed E-state index contributed by atoms with van der Waals surface area (Å²) in [5, 5.41) is 11.1. The number of aryl methyl sites for hydroxylation is 2. The van der Waals surface area contributed by atoms with Crippen molar-refractivity contribution in [2.45, 2.75) is 90.3 Å². The van der Waals surface area contributed by atoms with Crippen LogP contribution in [0, 0.1) is 0 Å². The molecule has 0 spiro atoms. The van der Waals surface area contributed by atoms with E-state index in [9.17, 15) is 4.79 Å². The molecule has 0 saturated heterocycles. The van der Waals surface area contributed by atoms with Crippen LogP contribution in [-0.4, -0.2) is 52.7 Å². The predicted octanol–water partition coefficient (Wildman–Crippen LogP) is 2.07. The van der Waals surface area contributed by atoms with Crippen LogP contribution in [0.15, 0.2) is 9.79 Å². The minimum atomic E-state index is 0.0318. The number of aliphatic imine (C=N–C) groups is 1. The van der Waals surface area contributed by atoms with E-state index >= 15 is 0 Å². The van der Waals surface area contributed by atoms with E-state index in [0.717, 1.165) is 57.1 Å². The summed E-state index contributed by atoms with van der Waals surface area (Å²) in [4.78, 5) is 17.0. The molecule has 1 fully saturated rings. The number of hydrogen-bond donors (Lipinski definition) is 2. The first-order valence-corrected chi connectivity index (χ1v) is 11.6. The quantitative estimate of drug-likeness (QED) is 0.284. The number of nitrogens with zero attached hydrogens (tertiary/aromatic N) is 4. The fraction of sp³-hybridized carbons (Fsp3) is 0.857. The molecule has 2 aliphatic rings.